The van der Waals surface area contributed by atoms with Crippen molar-refractivity contribution in [2.45, 2.75) is 101 Å². The maximum atomic E-state index is 11.7. The van der Waals surface area contributed by atoms with Gasteiger partial charge in [0.05, 0.1) is 66.4 Å². The predicted octanol–water partition coefficient (Wildman–Crippen LogP) is 3.42. The molecular weight excluding hydrogens is 1130 g/mol. The molecule has 2 aliphatic rings. The van der Waals surface area contributed by atoms with Crippen molar-refractivity contribution in [3.63, 3.8) is 0 Å². The van der Waals surface area contributed by atoms with E-state index in [4.69, 9.17) is 42.6 Å². The molecule has 0 saturated heterocycles. The minimum atomic E-state index is -0.413. The average Bonchev–Trinajstić information content (AvgIpc) is 3.86. The molecule has 2 atom stereocenters. The van der Waals surface area contributed by atoms with Crippen LogP contribution >= 0.6 is 28.8 Å². The lowest BCUT2D eigenvalue weighted by Gasteiger charge is -2.13. The molecule has 0 spiro atoms. The lowest BCUT2D eigenvalue weighted by atomic mass is 10.1. The second-order valence-electron chi connectivity index (χ2n) is 14.2. The van der Waals surface area contributed by atoms with E-state index in [9.17, 15) is 47.9 Å². The zero-order chi connectivity index (χ0) is 52.4. The van der Waals surface area contributed by atoms with Crippen molar-refractivity contribution >= 4 is 134 Å². The van der Waals surface area contributed by atoms with E-state index in [2.05, 4.69) is 55.5 Å². The highest BCUT2D eigenvalue weighted by Gasteiger charge is 2.24. The second kappa shape index (κ2) is 55.6. The molecule has 0 aliphatic carbocycles. The molecule has 2 rings (SSSR count). The first-order chi connectivity index (χ1) is 33.7. The molecule has 75 heavy (non-hydrogen) atoms. The molecule has 430 valence electrons. The monoisotopic (exact) mass is 1210 g/mol. The van der Waals surface area contributed by atoms with Gasteiger partial charge < -0.3 is 50.8 Å². The zero-order valence-electron chi connectivity index (χ0n) is 39.1. The number of nitrogens with one attached hydrogen (secondary N) is 6. The maximum absolute atomic E-state index is 11.7. The van der Waals surface area contributed by atoms with Crippen LogP contribution < -0.4 is 31.9 Å². The van der Waals surface area contributed by atoms with E-state index in [1.54, 1.807) is 14.1 Å². The smallest absolute Gasteiger partial charge is 0.253 e. The van der Waals surface area contributed by atoms with Crippen LogP contribution in [-0.2, 0) is 114 Å². The molecule has 0 radical (unpaired) electrons. The highest BCUT2D eigenvalue weighted by atomic mass is 32.7. The minimum Gasteiger partial charge on any atom is -0.377 e. The molecular formula is C45H82N8O14P4S4. The zero-order valence-corrected chi connectivity index (χ0v) is 45.9. The van der Waals surface area contributed by atoms with Gasteiger partial charge in [-0.3, -0.25) is 57.7 Å². The molecule has 0 bridgehead atoms. The number of rotatable bonds is 39. The number of imide groups is 2. The Morgan fingerprint density at radius 2 is 0.773 bits per heavy atom. The number of hydrogen-bond acceptors (Lipinski definition) is 20. The van der Waals surface area contributed by atoms with E-state index in [1.165, 1.54) is 24.3 Å². The number of nitrogens with zero attached hydrogens (tertiary/aromatic N) is 2. The van der Waals surface area contributed by atoms with Crippen molar-refractivity contribution in [3.8, 4) is 0 Å². The maximum Gasteiger partial charge on any atom is 0.253 e. The Morgan fingerprint density at radius 3 is 1.07 bits per heavy atom. The van der Waals surface area contributed by atoms with Crippen LogP contribution in [-0.4, -0.2) is 186 Å². The van der Waals surface area contributed by atoms with Crippen LogP contribution in [0, 0.1) is 0 Å². The third kappa shape index (κ3) is 43.5. The Morgan fingerprint density at radius 1 is 0.467 bits per heavy atom. The van der Waals surface area contributed by atoms with E-state index >= 15 is 0 Å². The van der Waals surface area contributed by atoms with Crippen molar-refractivity contribution in [2.24, 2.45) is 0 Å². The average molecular weight is 1210 g/mol. The molecule has 2 unspecified atom stereocenters. The molecule has 30 heteroatoms. The van der Waals surface area contributed by atoms with E-state index in [0.29, 0.717) is 40.6 Å². The number of carbonyl (C=O) groups excluding carboxylic acids is 10. The number of ether oxygens (including phenoxy) is 4. The fourth-order valence-electron chi connectivity index (χ4n) is 5.62. The summed E-state index contributed by atoms with van der Waals surface area (Å²) in [5.74, 6) is -2.67. The molecule has 2 heterocycles. The van der Waals surface area contributed by atoms with Gasteiger partial charge in [-0.05, 0) is 99.8 Å². The molecule has 0 aromatic heterocycles. The van der Waals surface area contributed by atoms with E-state index in [-0.39, 0.29) is 176 Å². The summed E-state index contributed by atoms with van der Waals surface area (Å²) in [6, 6.07) is -0.472. The fourth-order valence-corrected chi connectivity index (χ4v) is 7.15. The van der Waals surface area contributed by atoms with Gasteiger partial charge in [-0.15, -0.1) is 0 Å². The van der Waals surface area contributed by atoms with Gasteiger partial charge in [0.1, 0.15) is 13.2 Å². The van der Waals surface area contributed by atoms with Crippen LogP contribution in [0.25, 0.3) is 0 Å². The summed E-state index contributed by atoms with van der Waals surface area (Å²) in [5.41, 5.74) is -0.0274. The second-order valence-corrected chi connectivity index (χ2v) is 20.8. The van der Waals surface area contributed by atoms with Crippen molar-refractivity contribution in [1.82, 2.24) is 41.7 Å². The molecule has 0 fully saturated rings. The number of likely N-dealkylation sites (N-methyl/N-ethyl adjacent to an activating group) is 2. The summed E-state index contributed by atoms with van der Waals surface area (Å²) in [6.45, 7) is 3.06. The third-order valence-corrected chi connectivity index (χ3v) is 14.0. The van der Waals surface area contributed by atoms with Crippen LogP contribution in [0.4, 0.5) is 0 Å². The highest BCUT2D eigenvalue weighted by Crippen LogP contribution is 2.11. The van der Waals surface area contributed by atoms with Crippen molar-refractivity contribution in [1.29, 1.82) is 0 Å². The van der Waals surface area contributed by atoms with Gasteiger partial charge in [-0.2, -0.15) is 0 Å². The van der Waals surface area contributed by atoms with Gasteiger partial charge in [-0.1, -0.05) is 37.1 Å². The summed E-state index contributed by atoms with van der Waals surface area (Å²) in [6.07, 6.45) is 9.20. The van der Waals surface area contributed by atoms with E-state index in [0.717, 1.165) is 49.6 Å². The molecule has 0 saturated carbocycles. The number of unbranched alkanes of at least 4 members (excludes halogenated alkanes) is 2. The third-order valence-electron chi connectivity index (χ3n) is 9.26. The Kier molecular flexibility index (Phi) is 61.6. The summed E-state index contributed by atoms with van der Waals surface area (Å²) >= 11 is 18.3. The molecule has 0 aromatic carbocycles. The van der Waals surface area contributed by atoms with Crippen LogP contribution in [0.2, 0.25) is 0 Å². The number of amides is 8. The van der Waals surface area contributed by atoms with E-state index in [1.807, 2.05) is 0 Å². The summed E-state index contributed by atoms with van der Waals surface area (Å²) in [7, 11) is 5.85. The van der Waals surface area contributed by atoms with Crippen LogP contribution in [0.3, 0.4) is 0 Å². The minimum absolute atomic E-state index is 0. The highest BCUT2D eigenvalue weighted by molar-refractivity contribution is 8.40. The molecule has 6 N–H and O–H groups in total. The topological polar surface area (TPSA) is 286 Å². The van der Waals surface area contributed by atoms with Crippen LogP contribution in [0.1, 0.15) is 88.5 Å². The van der Waals surface area contributed by atoms with Crippen molar-refractivity contribution in [3.05, 3.63) is 24.3 Å². The lowest BCUT2D eigenvalue weighted by molar-refractivity contribution is -0.139. The summed E-state index contributed by atoms with van der Waals surface area (Å²) in [4.78, 5) is 117. The van der Waals surface area contributed by atoms with Crippen LogP contribution in [0.15, 0.2) is 24.3 Å². The molecule has 22 nitrogen and oxygen atoms in total. The van der Waals surface area contributed by atoms with Crippen molar-refractivity contribution in [2.75, 3.05) is 106 Å². The first-order valence-corrected chi connectivity index (χ1v) is 30.2. The van der Waals surface area contributed by atoms with Gasteiger partial charge in [0.25, 0.3) is 23.6 Å². The molecule has 0 aromatic rings. The van der Waals surface area contributed by atoms with Gasteiger partial charge in [0.2, 0.25) is 34.7 Å². The van der Waals surface area contributed by atoms with Gasteiger partial charge in [-0.25, -0.2) is 0 Å². The van der Waals surface area contributed by atoms with Crippen LogP contribution in [0.5, 0.6) is 0 Å². The van der Waals surface area contributed by atoms with Gasteiger partial charge in [0.15, 0.2) is 0 Å². The SMILES string of the molecule is C.C.C.C.C.CNC(CCCCNC(=O)COCCOCCNC(=O)CCN1C(=O)C=CC1=O)C(=O)P=S.CNC(CCCCNC(=O)COCCOCCNC(=O)CCN1C(=O)C=CC1=O)C(=O)P=S.S=PP=S. The number of carbonyl (C=O) groups is 10. The largest absolute Gasteiger partial charge is 0.377 e. The normalized spacial score (nSPS) is 12.8. The first kappa shape index (κ1) is 83.1. The quantitative estimate of drug-likeness (QED) is 0.0292. The van der Waals surface area contributed by atoms with Gasteiger partial charge in [0, 0.05) is 90.5 Å². The molecule has 8 amide bonds. The van der Waals surface area contributed by atoms with E-state index < -0.39 is 23.6 Å². The Balaban J connectivity index is -0.000000278. The Hall–Kier alpha value is -3.18. The van der Waals surface area contributed by atoms with Crippen molar-refractivity contribution < 1.29 is 66.9 Å². The Labute approximate surface area is 471 Å². The Bertz CT molecular complexity index is 1670. The fraction of sp³-hybridized carbons (Fsp3) is 0.689. The lowest BCUT2D eigenvalue weighted by Crippen LogP contribution is -2.35. The summed E-state index contributed by atoms with van der Waals surface area (Å²) in [5, 5.41) is 16.6. The number of hydrogen-bond donors (Lipinski definition) is 6. The standard InChI is InChI=1S/2C20H31N4O7PS.5CH4.P2S2/c2*1-21-15(20(29)32-33)4-2-3-8-22-17(26)14-31-13-12-30-11-9-23-16(25)7-10-24-18(27)5-6-19(24)28;;;;;;3-1-2-4/h2*5-6,15,21H,2-4,7-14H2,1H3,(H,22,26)(H,23,25);5*1H4;. The first-order valence-electron chi connectivity index (χ1n) is 21.9. The van der Waals surface area contributed by atoms with Gasteiger partial charge >= 0.3 is 0 Å². The predicted molar refractivity (Wildman–Crippen MR) is 310 cm³/mol. The molecule has 2 aliphatic heterocycles. The summed E-state index contributed by atoms with van der Waals surface area (Å²) < 4.78 is 21.1.